The lowest BCUT2D eigenvalue weighted by Crippen LogP contribution is -2.27. The molecule has 1 aromatic carbocycles. The number of benzene rings is 1. The summed E-state index contributed by atoms with van der Waals surface area (Å²) in [7, 11) is -0.971. The van der Waals surface area contributed by atoms with E-state index >= 15 is 0 Å². The minimum atomic E-state index is -0.971. The summed E-state index contributed by atoms with van der Waals surface area (Å²) in [5, 5.41) is 18.3. The van der Waals surface area contributed by atoms with Crippen LogP contribution in [0.15, 0.2) is 24.3 Å². The molecule has 3 nitrogen and oxygen atoms in total. The normalized spacial score (nSPS) is 22.0. The van der Waals surface area contributed by atoms with E-state index in [0.29, 0.717) is 11.0 Å². The third kappa shape index (κ3) is 0.958. The van der Waals surface area contributed by atoms with Gasteiger partial charge in [-0.05, 0) is 5.46 Å². The topological polar surface area (TPSA) is 49.7 Å². The Kier molecular flexibility index (Phi) is 1.46. The monoisotopic (exact) mass is 150 g/mol. The van der Waals surface area contributed by atoms with Crippen LogP contribution in [0.25, 0.3) is 0 Å². The van der Waals surface area contributed by atoms with Crippen molar-refractivity contribution in [2.45, 2.75) is 6.29 Å². The van der Waals surface area contributed by atoms with Crippen LogP contribution in [0.1, 0.15) is 11.9 Å². The van der Waals surface area contributed by atoms with Crippen molar-refractivity contribution >= 4 is 12.6 Å². The first-order chi connectivity index (χ1) is 5.29. The van der Waals surface area contributed by atoms with Gasteiger partial charge in [0.05, 0.1) is 0 Å². The van der Waals surface area contributed by atoms with Gasteiger partial charge in [0.25, 0.3) is 0 Å². The Morgan fingerprint density at radius 3 is 2.82 bits per heavy atom. The molecule has 1 aliphatic rings. The summed E-state index contributed by atoms with van der Waals surface area (Å²) in [5.74, 6) is 0. The van der Waals surface area contributed by atoms with Gasteiger partial charge in [0.1, 0.15) is 0 Å². The van der Waals surface area contributed by atoms with Crippen molar-refractivity contribution < 1.29 is 14.8 Å². The third-order valence-electron chi connectivity index (χ3n) is 1.79. The maximum atomic E-state index is 9.17. The Labute approximate surface area is 64.4 Å². The van der Waals surface area contributed by atoms with E-state index in [1.165, 1.54) is 0 Å². The zero-order valence-electron chi connectivity index (χ0n) is 5.77. The summed E-state index contributed by atoms with van der Waals surface area (Å²) in [6.45, 7) is 0. The second-order valence-electron chi connectivity index (χ2n) is 2.47. The van der Waals surface area contributed by atoms with Crippen molar-refractivity contribution in [1.29, 1.82) is 0 Å². The van der Waals surface area contributed by atoms with Crippen molar-refractivity contribution in [2.24, 2.45) is 0 Å². The van der Waals surface area contributed by atoms with Crippen LogP contribution in [0, 0.1) is 0 Å². The van der Waals surface area contributed by atoms with Crippen LogP contribution in [0.4, 0.5) is 0 Å². The molecule has 1 aliphatic heterocycles. The highest BCUT2D eigenvalue weighted by molar-refractivity contribution is 6.61. The fourth-order valence-corrected chi connectivity index (χ4v) is 1.23. The Balaban J connectivity index is 2.52. The first kappa shape index (κ1) is 6.85. The fraction of sp³-hybridized carbons (Fsp3) is 0.143. The second kappa shape index (κ2) is 2.34. The molecule has 0 aromatic heterocycles. The van der Waals surface area contributed by atoms with Crippen LogP contribution in [0.2, 0.25) is 0 Å². The minimum absolute atomic E-state index is 0.653. The molecule has 1 heterocycles. The number of hydrogen-bond acceptors (Lipinski definition) is 3. The molecule has 0 bridgehead atoms. The largest absolute Gasteiger partial charge is 0.493 e. The predicted molar refractivity (Wildman–Crippen MR) is 40.1 cm³/mol. The van der Waals surface area contributed by atoms with Crippen molar-refractivity contribution in [2.75, 3.05) is 0 Å². The van der Waals surface area contributed by atoms with E-state index in [1.54, 1.807) is 24.3 Å². The van der Waals surface area contributed by atoms with E-state index < -0.39 is 13.4 Å². The lowest BCUT2D eigenvalue weighted by molar-refractivity contribution is -0.0218. The second-order valence-corrected chi connectivity index (χ2v) is 2.47. The molecule has 0 radical (unpaired) electrons. The maximum absolute atomic E-state index is 9.17. The first-order valence-corrected chi connectivity index (χ1v) is 3.39. The van der Waals surface area contributed by atoms with Crippen LogP contribution in [-0.2, 0) is 4.65 Å². The van der Waals surface area contributed by atoms with E-state index in [9.17, 15) is 0 Å². The van der Waals surface area contributed by atoms with E-state index in [2.05, 4.69) is 0 Å². The lowest BCUT2D eigenvalue weighted by Gasteiger charge is -2.00. The SMILES string of the molecule is OB1OC(O)c2ccccc21. The fourth-order valence-electron chi connectivity index (χ4n) is 1.23. The summed E-state index contributed by atoms with van der Waals surface area (Å²) < 4.78 is 4.74. The molecule has 1 atom stereocenters. The molecule has 2 N–H and O–H groups in total. The summed E-state index contributed by atoms with van der Waals surface area (Å²) in [4.78, 5) is 0. The van der Waals surface area contributed by atoms with Crippen molar-refractivity contribution in [1.82, 2.24) is 0 Å². The van der Waals surface area contributed by atoms with Crippen molar-refractivity contribution in [3.05, 3.63) is 29.8 Å². The molecule has 1 unspecified atom stereocenters. The molecule has 1 aromatic rings. The molecular formula is C7H7BO3. The first-order valence-electron chi connectivity index (χ1n) is 3.39. The highest BCUT2D eigenvalue weighted by Gasteiger charge is 2.32. The molecule has 0 saturated heterocycles. The molecule has 4 heteroatoms. The van der Waals surface area contributed by atoms with E-state index in [4.69, 9.17) is 14.8 Å². The van der Waals surface area contributed by atoms with Crippen LogP contribution in [0.3, 0.4) is 0 Å². The molecule has 2 rings (SSSR count). The van der Waals surface area contributed by atoms with E-state index in [0.717, 1.165) is 0 Å². The molecule has 0 saturated carbocycles. The van der Waals surface area contributed by atoms with Gasteiger partial charge in [-0.2, -0.15) is 0 Å². The number of hydrogen-bond donors (Lipinski definition) is 2. The summed E-state index contributed by atoms with van der Waals surface area (Å²) in [6, 6.07) is 7.05. The zero-order chi connectivity index (χ0) is 7.84. The molecule has 0 aliphatic carbocycles. The Hall–Kier alpha value is -0.835. The summed E-state index contributed by atoms with van der Waals surface area (Å²) in [5.41, 5.74) is 1.31. The molecule has 56 valence electrons. The predicted octanol–water partition coefficient (Wildman–Crippen LogP) is -0.605. The highest BCUT2D eigenvalue weighted by Crippen LogP contribution is 2.19. The van der Waals surface area contributed by atoms with Gasteiger partial charge >= 0.3 is 7.12 Å². The number of aliphatic hydroxyl groups is 1. The standard InChI is InChI=1S/C7H7BO3/c9-7-5-3-1-2-4-6(5)8(10)11-7/h1-4,7,9-10H. The van der Waals surface area contributed by atoms with E-state index in [-0.39, 0.29) is 0 Å². The summed E-state index contributed by atoms with van der Waals surface area (Å²) in [6.07, 6.45) is -0.971. The van der Waals surface area contributed by atoms with Gasteiger partial charge in [-0.1, -0.05) is 24.3 Å². The van der Waals surface area contributed by atoms with Gasteiger partial charge in [0.15, 0.2) is 6.29 Å². The third-order valence-corrected chi connectivity index (χ3v) is 1.79. The van der Waals surface area contributed by atoms with Gasteiger partial charge in [-0.15, -0.1) is 0 Å². The van der Waals surface area contributed by atoms with Gasteiger partial charge in [-0.3, -0.25) is 0 Å². The summed E-state index contributed by atoms with van der Waals surface area (Å²) >= 11 is 0. The van der Waals surface area contributed by atoms with Crippen molar-refractivity contribution in [3.8, 4) is 0 Å². The zero-order valence-corrected chi connectivity index (χ0v) is 5.77. The molecule has 0 fully saturated rings. The van der Waals surface area contributed by atoms with Crippen LogP contribution >= 0.6 is 0 Å². The number of aliphatic hydroxyl groups excluding tert-OH is 1. The quantitative estimate of drug-likeness (QED) is 0.485. The Morgan fingerprint density at radius 2 is 2.09 bits per heavy atom. The van der Waals surface area contributed by atoms with Gasteiger partial charge < -0.3 is 14.8 Å². The Bertz CT molecular complexity index is 249. The molecule has 0 amide bonds. The smallest absolute Gasteiger partial charge is 0.423 e. The van der Waals surface area contributed by atoms with Crippen LogP contribution in [0.5, 0.6) is 0 Å². The number of rotatable bonds is 0. The van der Waals surface area contributed by atoms with Crippen LogP contribution in [-0.4, -0.2) is 17.2 Å². The molecular weight excluding hydrogens is 143 g/mol. The molecule has 11 heavy (non-hydrogen) atoms. The highest BCUT2D eigenvalue weighted by atomic mass is 16.6. The maximum Gasteiger partial charge on any atom is 0.493 e. The average Bonchev–Trinajstić information content (AvgIpc) is 2.30. The van der Waals surface area contributed by atoms with Crippen molar-refractivity contribution in [3.63, 3.8) is 0 Å². The minimum Gasteiger partial charge on any atom is -0.423 e. The van der Waals surface area contributed by atoms with Gasteiger partial charge in [0, 0.05) is 5.56 Å². The Morgan fingerprint density at radius 1 is 1.36 bits per heavy atom. The van der Waals surface area contributed by atoms with Gasteiger partial charge in [0.2, 0.25) is 0 Å². The molecule has 0 spiro atoms. The van der Waals surface area contributed by atoms with Crippen LogP contribution < -0.4 is 5.46 Å². The average molecular weight is 150 g/mol. The lowest BCUT2D eigenvalue weighted by atomic mass is 9.80. The number of fused-ring (bicyclic) bond motifs is 1. The van der Waals surface area contributed by atoms with Gasteiger partial charge in [-0.25, -0.2) is 0 Å². The van der Waals surface area contributed by atoms with E-state index in [1.807, 2.05) is 0 Å².